The van der Waals surface area contributed by atoms with Gasteiger partial charge < -0.3 is 15.7 Å². The normalized spacial score (nSPS) is 17.4. The summed E-state index contributed by atoms with van der Waals surface area (Å²) in [4.78, 5) is 30.6. The van der Waals surface area contributed by atoms with Gasteiger partial charge in [-0.05, 0) is 42.7 Å². The monoisotopic (exact) mass is 368 g/mol. The van der Waals surface area contributed by atoms with Crippen LogP contribution in [0, 0.1) is 6.92 Å². The van der Waals surface area contributed by atoms with Crippen LogP contribution in [-0.2, 0) is 11.3 Å². The van der Waals surface area contributed by atoms with E-state index in [9.17, 15) is 14.7 Å². The number of hydrogen-bond acceptors (Lipinski definition) is 5. The number of aliphatic hydroxyl groups is 1. The summed E-state index contributed by atoms with van der Waals surface area (Å²) in [5.41, 5.74) is 2.46. The topological polar surface area (TPSA) is 94.6 Å². The molecule has 0 aliphatic carbocycles. The molecule has 0 bridgehead atoms. The van der Waals surface area contributed by atoms with Gasteiger partial charge in [-0.1, -0.05) is 18.2 Å². The fourth-order valence-corrected chi connectivity index (χ4v) is 3.18. The number of nitrogens with one attached hydrogen (secondary N) is 2. The average Bonchev–Trinajstić information content (AvgIpc) is 2.67. The molecule has 1 aliphatic heterocycles. The first-order valence-corrected chi connectivity index (χ1v) is 9.03. The highest BCUT2D eigenvalue weighted by Gasteiger charge is 2.28. The van der Waals surface area contributed by atoms with Crippen molar-refractivity contribution < 1.29 is 14.7 Å². The van der Waals surface area contributed by atoms with E-state index in [1.165, 1.54) is 0 Å². The number of rotatable bonds is 6. The van der Waals surface area contributed by atoms with Crippen LogP contribution in [0.25, 0.3) is 0 Å². The minimum Gasteiger partial charge on any atom is -0.396 e. The Hall–Kier alpha value is -2.77. The first kappa shape index (κ1) is 19.0. The second-order valence-corrected chi connectivity index (χ2v) is 6.61. The summed E-state index contributed by atoms with van der Waals surface area (Å²) in [5.74, 6) is 0.300. The number of piperazine rings is 1. The van der Waals surface area contributed by atoms with Crippen LogP contribution in [-0.4, -0.2) is 52.5 Å². The number of pyridine rings is 1. The van der Waals surface area contributed by atoms with Crippen molar-refractivity contribution in [2.24, 2.45) is 0 Å². The van der Waals surface area contributed by atoms with Crippen LogP contribution in [0.1, 0.15) is 27.9 Å². The predicted octanol–water partition coefficient (Wildman–Crippen LogP) is 1.33. The molecule has 1 atom stereocenters. The Morgan fingerprint density at radius 2 is 2.11 bits per heavy atom. The van der Waals surface area contributed by atoms with Gasteiger partial charge in [0.1, 0.15) is 5.82 Å². The molecular formula is C20H24N4O3. The lowest BCUT2D eigenvalue weighted by Crippen LogP contribution is -2.55. The number of hydrogen-bond donors (Lipinski definition) is 3. The zero-order valence-electron chi connectivity index (χ0n) is 15.3. The fourth-order valence-electron chi connectivity index (χ4n) is 3.18. The summed E-state index contributed by atoms with van der Waals surface area (Å²) in [6.07, 6.45) is 2.05. The van der Waals surface area contributed by atoms with Crippen LogP contribution in [0.5, 0.6) is 0 Å². The Balaban J connectivity index is 1.65. The van der Waals surface area contributed by atoms with Gasteiger partial charge in [-0.25, -0.2) is 4.98 Å². The average molecular weight is 368 g/mol. The quantitative estimate of drug-likeness (QED) is 0.715. The van der Waals surface area contributed by atoms with Gasteiger partial charge in [0, 0.05) is 38.0 Å². The maximum atomic E-state index is 12.4. The van der Waals surface area contributed by atoms with E-state index in [1.807, 2.05) is 31.2 Å². The van der Waals surface area contributed by atoms with Crippen molar-refractivity contribution in [3.63, 3.8) is 0 Å². The first-order chi connectivity index (χ1) is 13.1. The van der Waals surface area contributed by atoms with Gasteiger partial charge >= 0.3 is 0 Å². The Bertz CT molecular complexity index is 807. The summed E-state index contributed by atoms with van der Waals surface area (Å²) in [6.45, 7) is 3.80. The Kier molecular flexibility index (Phi) is 6.16. The number of aliphatic hydroxyl groups excluding tert-OH is 1. The molecule has 0 radical (unpaired) electrons. The largest absolute Gasteiger partial charge is 0.396 e. The number of amides is 2. The van der Waals surface area contributed by atoms with Crippen LogP contribution in [0.4, 0.5) is 5.82 Å². The smallest absolute Gasteiger partial charge is 0.256 e. The van der Waals surface area contributed by atoms with Gasteiger partial charge in [0.05, 0.1) is 6.04 Å². The van der Waals surface area contributed by atoms with E-state index in [0.29, 0.717) is 30.9 Å². The van der Waals surface area contributed by atoms with Gasteiger partial charge in [0.15, 0.2) is 0 Å². The van der Waals surface area contributed by atoms with Crippen molar-refractivity contribution in [1.29, 1.82) is 0 Å². The number of anilines is 1. The molecule has 0 spiro atoms. The van der Waals surface area contributed by atoms with E-state index >= 15 is 0 Å². The molecule has 1 fully saturated rings. The molecule has 2 aromatic rings. The molecule has 7 heteroatoms. The maximum Gasteiger partial charge on any atom is 0.256 e. The standard InChI is InChI=1S/C20H24N4O3/c1-14-3-2-9-21-18(14)23-19(26)16-6-4-15(5-7-16)13-24-11-10-22-20(27)17(24)8-12-25/h2-7,9,17,25H,8,10-13H2,1H3,(H,22,27)(H,21,23,26). The van der Waals surface area contributed by atoms with E-state index in [0.717, 1.165) is 17.7 Å². The zero-order chi connectivity index (χ0) is 19.2. The fraction of sp³-hybridized carbons (Fsp3) is 0.350. The van der Waals surface area contributed by atoms with E-state index in [4.69, 9.17) is 0 Å². The highest BCUT2D eigenvalue weighted by Crippen LogP contribution is 2.16. The van der Waals surface area contributed by atoms with Crippen molar-refractivity contribution in [2.75, 3.05) is 25.0 Å². The summed E-state index contributed by atoms with van der Waals surface area (Å²) in [7, 11) is 0. The van der Waals surface area contributed by atoms with Gasteiger partial charge in [-0.15, -0.1) is 0 Å². The van der Waals surface area contributed by atoms with Crippen molar-refractivity contribution in [3.05, 3.63) is 59.3 Å². The number of carbonyl (C=O) groups is 2. The van der Waals surface area contributed by atoms with Crippen molar-refractivity contribution in [3.8, 4) is 0 Å². The second kappa shape index (κ2) is 8.75. The molecule has 1 aromatic heterocycles. The number of aromatic nitrogens is 1. The van der Waals surface area contributed by atoms with Crippen LogP contribution in [0.15, 0.2) is 42.6 Å². The SMILES string of the molecule is Cc1cccnc1NC(=O)c1ccc(CN2CCNC(=O)C2CCO)cc1. The van der Waals surface area contributed by atoms with E-state index in [-0.39, 0.29) is 24.5 Å². The van der Waals surface area contributed by atoms with Crippen molar-refractivity contribution in [2.45, 2.75) is 25.9 Å². The molecule has 1 aliphatic rings. The first-order valence-electron chi connectivity index (χ1n) is 9.03. The lowest BCUT2D eigenvalue weighted by molar-refractivity contribution is -0.129. The van der Waals surface area contributed by atoms with Crippen LogP contribution >= 0.6 is 0 Å². The molecule has 2 amide bonds. The molecule has 142 valence electrons. The maximum absolute atomic E-state index is 12.4. The highest BCUT2D eigenvalue weighted by atomic mass is 16.3. The summed E-state index contributed by atoms with van der Waals surface area (Å²) < 4.78 is 0. The Morgan fingerprint density at radius 3 is 2.81 bits per heavy atom. The highest BCUT2D eigenvalue weighted by molar-refractivity contribution is 6.04. The third-order valence-corrected chi connectivity index (χ3v) is 4.69. The Labute approximate surface area is 158 Å². The molecule has 7 nitrogen and oxygen atoms in total. The van der Waals surface area contributed by atoms with E-state index < -0.39 is 0 Å². The van der Waals surface area contributed by atoms with E-state index in [2.05, 4.69) is 20.5 Å². The van der Waals surface area contributed by atoms with Gasteiger partial charge in [0.2, 0.25) is 5.91 Å². The third kappa shape index (κ3) is 4.69. The number of carbonyl (C=O) groups excluding carboxylic acids is 2. The summed E-state index contributed by atoms with van der Waals surface area (Å²) in [6, 6.07) is 10.7. The third-order valence-electron chi connectivity index (χ3n) is 4.69. The van der Waals surface area contributed by atoms with Crippen LogP contribution in [0.3, 0.4) is 0 Å². The minimum absolute atomic E-state index is 0.0271. The zero-order valence-corrected chi connectivity index (χ0v) is 15.3. The van der Waals surface area contributed by atoms with Gasteiger partial charge in [-0.2, -0.15) is 0 Å². The molecule has 2 heterocycles. The molecule has 1 unspecified atom stereocenters. The van der Waals surface area contributed by atoms with Crippen molar-refractivity contribution >= 4 is 17.6 Å². The minimum atomic E-state index is -0.321. The lowest BCUT2D eigenvalue weighted by Gasteiger charge is -2.34. The lowest BCUT2D eigenvalue weighted by atomic mass is 10.1. The summed E-state index contributed by atoms with van der Waals surface area (Å²) in [5, 5.41) is 14.9. The number of nitrogens with zero attached hydrogens (tertiary/aromatic N) is 2. The molecule has 0 saturated carbocycles. The van der Waals surface area contributed by atoms with Crippen molar-refractivity contribution in [1.82, 2.24) is 15.2 Å². The molecule has 3 rings (SSSR count). The van der Waals surface area contributed by atoms with Gasteiger partial charge in [-0.3, -0.25) is 14.5 Å². The number of benzene rings is 1. The molecule has 27 heavy (non-hydrogen) atoms. The van der Waals surface area contributed by atoms with E-state index in [1.54, 1.807) is 18.3 Å². The van der Waals surface area contributed by atoms with Gasteiger partial charge in [0.25, 0.3) is 5.91 Å². The second-order valence-electron chi connectivity index (χ2n) is 6.61. The molecule has 1 saturated heterocycles. The van der Waals surface area contributed by atoms with Crippen LogP contribution in [0.2, 0.25) is 0 Å². The molecular weight excluding hydrogens is 344 g/mol. The summed E-state index contributed by atoms with van der Waals surface area (Å²) >= 11 is 0. The molecule has 3 N–H and O–H groups in total. The number of aryl methyl sites for hydroxylation is 1. The molecule has 1 aromatic carbocycles. The van der Waals surface area contributed by atoms with Crippen LogP contribution < -0.4 is 10.6 Å². The Morgan fingerprint density at radius 1 is 1.33 bits per heavy atom. The predicted molar refractivity (Wildman–Crippen MR) is 102 cm³/mol.